The van der Waals surface area contributed by atoms with Crippen LogP contribution in [0.3, 0.4) is 0 Å². The van der Waals surface area contributed by atoms with Gasteiger partial charge in [-0.3, -0.25) is 9.59 Å². The molecule has 31 heavy (non-hydrogen) atoms. The Labute approximate surface area is 177 Å². The fourth-order valence-corrected chi connectivity index (χ4v) is 2.48. The summed E-state index contributed by atoms with van der Waals surface area (Å²) in [7, 11) is 0. The number of carboxylic acid groups (broad SMARTS) is 2. The van der Waals surface area contributed by atoms with Crippen LogP contribution in [-0.4, -0.2) is 46.4 Å². The van der Waals surface area contributed by atoms with E-state index in [1.54, 1.807) is 36.4 Å². The Morgan fingerprint density at radius 2 is 1.10 bits per heavy atom. The molecule has 0 fully saturated rings. The van der Waals surface area contributed by atoms with Gasteiger partial charge in [-0.25, -0.2) is 20.4 Å². The fourth-order valence-electron chi connectivity index (χ4n) is 2.48. The van der Waals surface area contributed by atoms with Gasteiger partial charge in [0.15, 0.2) is 0 Å². The first-order valence-electron chi connectivity index (χ1n) is 9.17. The van der Waals surface area contributed by atoms with Gasteiger partial charge in [-0.1, -0.05) is 36.4 Å². The monoisotopic (exact) mass is 424 g/mol. The molecule has 0 bridgehead atoms. The highest BCUT2D eigenvalue weighted by Crippen LogP contribution is 2.07. The van der Waals surface area contributed by atoms with Crippen LogP contribution in [0.15, 0.2) is 58.7 Å². The van der Waals surface area contributed by atoms with E-state index in [1.807, 2.05) is 0 Å². The number of hydrazone groups is 2. The van der Waals surface area contributed by atoms with Gasteiger partial charge in [0.2, 0.25) is 11.8 Å². The molecule has 0 unspecified atom stereocenters. The average molecular weight is 424 g/mol. The summed E-state index contributed by atoms with van der Waals surface area (Å²) in [6, 6.07) is 12.4. The molecule has 160 valence electrons. The Balaban J connectivity index is 1.73. The van der Waals surface area contributed by atoms with Gasteiger partial charge in [0, 0.05) is 24.0 Å². The largest absolute Gasteiger partial charge is 0.478 e. The molecule has 0 saturated heterocycles. The van der Waals surface area contributed by atoms with E-state index in [0.29, 0.717) is 11.1 Å². The van der Waals surface area contributed by atoms with E-state index in [0.717, 1.165) is 0 Å². The van der Waals surface area contributed by atoms with Gasteiger partial charge in [0.1, 0.15) is 0 Å². The van der Waals surface area contributed by atoms with E-state index in [2.05, 4.69) is 21.1 Å². The molecular formula is C21H20N4O6. The van der Waals surface area contributed by atoms with E-state index in [1.165, 1.54) is 24.6 Å². The van der Waals surface area contributed by atoms with Crippen molar-refractivity contribution in [1.29, 1.82) is 0 Å². The Bertz CT molecular complexity index is 951. The molecule has 0 spiro atoms. The maximum absolute atomic E-state index is 11.8. The van der Waals surface area contributed by atoms with Crippen molar-refractivity contribution >= 4 is 36.2 Å². The molecular weight excluding hydrogens is 404 g/mol. The van der Waals surface area contributed by atoms with Crippen LogP contribution in [0.5, 0.6) is 0 Å². The zero-order valence-corrected chi connectivity index (χ0v) is 16.3. The Hall–Kier alpha value is -4.34. The maximum Gasteiger partial charge on any atom is 0.336 e. The predicted octanol–water partition coefficient (Wildman–Crippen LogP) is 1.85. The minimum Gasteiger partial charge on any atom is -0.478 e. The van der Waals surface area contributed by atoms with E-state index in [4.69, 9.17) is 10.2 Å². The normalized spacial score (nSPS) is 10.8. The summed E-state index contributed by atoms with van der Waals surface area (Å²) in [4.78, 5) is 45.8. The lowest BCUT2D eigenvalue weighted by Crippen LogP contribution is -2.20. The zero-order chi connectivity index (χ0) is 22.6. The van der Waals surface area contributed by atoms with Crippen molar-refractivity contribution in [3.63, 3.8) is 0 Å². The number of nitrogens with one attached hydrogen (secondary N) is 2. The van der Waals surface area contributed by atoms with Crippen LogP contribution in [0, 0.1) is 0 Å². The van der Waals surface area contributed by atoms with Crippen molar-refractivity contribution < 1.29 is 29.4 Å². The number of amides is 2. The third-order valence-electron chi connectivity index (χ3n) is 3.98. The Morgan fingerprint density at radius 3 is 1.48 bits per heavy atom. The fraction of sp³-hybridized carbons (Fsp3) is 0.143. The number of hydrogen-bond donors (Lipinski definition) is 4. The van der Waals surface area contributed by atoms with E-state index in [9.17, 15) is 19.2 Å². The number of carbonyl (C=O) groups excluding carboxylic acids is 2. The quantitative estimate of drug-likeness (QED) is 0.337. The van der Waals surface area contributed by atoms with Gasteiger partial charge in [-0.05, 0) is 18.6 Å². The summed E-state index contributed by atoms with van der Waals surface area (Å²) in [5.74, 6) is -3.08. The van der Waals surface area contributed by atoms with Crippen molar-refractivity contribution in [1.82, 2.24) is 10.9 Å². The molecule has 2 aromatic rings. The molecule has 0 atom stereocenters. The maximum atomic E-state index is 11.8. The number of carboxylic acids is 2. The average Bonchev–Trinajstić information content (AvgIpc) is 2.74. The first-order valence-corrected chi connectivity index (χ1v) is 9.17. The molecule has 0 aromatic heterocycles. The van der Waals surface area contributed by atoms with E-state index in [-0.39, 0.29) is 30.4 Å². The zero-order valence-electron chi connectivity index (χ0n) is 16.3. The molecule has 10 heteroatoms. The van der Waals surface area contributed by atoms with Gasteiger partial charge in [-0.15, -0.1) is 0 Å². The first kappa shape index (κ1) is 22.9. The van der Waals surface area contributed by atoms with Crippen molar-refractivity contribution in [3.05, 3.63) is 70.8 Å². The van der Waals surface area contributed by atoms with Crippen molar-refractivity contribution in [2.24, 2.45) is 10.2 Å². The molecule has 10 nitrogen and oxygen atoms in total. The highest BCUT2D eigenvalue weighted by atomic mass is 16.4. The van der Waals surface area contributed by atoms with Crippen LogP contribution in [0.1, 0.15) is 51.1 Å². The minimum atomic E-state index is -1.10. The van der Waals surface area contributed by atoms with Crippen molar-refractivity contribution in [3.8, 4) is 0 Å². The summed E-state index contributed by atoms with van der Waals surface area (Å²) in [5.41, 5.74) is 5.35. The van der Waals surface area contributed by atoms with Crippen LogP contribution in [0.2, 0.25) is 0 Å². The molecule has 0 aliphatic heterocycles. The second-order valence-corrected chi connectivity index (χ2v) is 6.22. The lowest BCUT2D eigenvalue weighted by molar-refractivity contribution is -0.122. The van der Waals surface area contributed by atoms with Gasteiger partial charge < -0.3 is 10.2 Å². The lowest BCUT2D eigenvalue weighted by Gasteiger charge is -2.02. The number of aromatic carboxylic acids is 2. The van der Waals surface area contributed by atoms with E-state index >= 15 is 0 Å². The van der Waals surface area contributed by atoms with Gasteiger partial charge in [-0.2, -0.15) is 10.2 Å². The molecule has 0 radical (unpaired) electrons. The Kier molecular flexibility index (Phi) is 8.59. The van der Waals surface area contributed by atoms with Crippen LogP contribution in [0.25, 0.3) is 0 Å². The van der Waals surface area contributed by atoms with Crippen LogP contribution >= 0.6 is 0 Å². The molecule has 0 saturated carbocycles. The lowest BCUT2D eigenvalue weighted by atomic mass is 10.1. The summed E-state index contributed by atoms with van der Waals surface area (Å²) < 4.78 is 0. The molecule has 0 aliphatic carbocycles. The highest BCUT2D eigenvalue weighted by Gasteiger charge is 2.08. The van der Waals surface area contributed by atoms with Crippen LogP contribution < -0.4 is 10.9 Å². The number of hydrogen-bond acceptors (Lipinski definition) is 6. The Morgan fingerprint density at radius 1 is 0.710 bits per heavy atom. The predicted molar refractivity (Wildman–Crippen MR) is 112 cm³/mol. The van der Waals surface area contributed by atoms with Crippen LogP contribution in [-0.2, 0) is 9.59 Å². The number of carbonyl (C=O) groups is 4. The topological polar surface area (TPSA) is 158 Å². The summed E-state index contributed by atoms with van der Waals surface area (Å²) in [6.45, 7) is 0. The van der Waals surface area contributed by atoms with E-state index < -0.39 is 23.8 Å². The molecule has 2 rings (SSSR count). The van der Waals surface area contributed by atoms with Gasteiger partial charge >= 0.3 is 11.9 Å². The summed E-state index contributed by atoms with van der Waals surface area (Å²) in [6.07, 6.45) is 2.75. The van der Waals surface area contributed by atoms with Crippen LogP contribution in [0.4, 0.5) is 0 Å². The summed E-state index contributed by atoms with van der Waals surface area (Å²) >= 11 is 0. The second-order valence-electron chi connectivity index (χ2n) is 6.22. The summed E-state index contributed by atoms with van der Waals surface area (Å²) in [5, 5.41) is 25.6. The second kappa shape index (κ2) is 11.6. The third kappa shape index (κ3) is 7.54. The molecule has 2 amide bonds. The molecule has 2 aromatic carbocycles. The number of nitrogens with zero attached hydrogens (tertiary/aromatic N) is 2. The number of rotatable bonds is 10. The molecule has 4 N–H and O–H groups in total. The first-order chi connectivity index (χ1) is 14.9. The number of benzene rings is 2. The highest BCUT2D eigenvalue weighted by molar-refractivity contribution is 5.99. The van der Waals surface area contributed by atoms with Gasteiger partial charge in [0.05, 0.1) is 23.6 Å². The van der Waals surface area contributed by atoms with Crippen molar-refractivity contribution in [2.45, 2.75) is 19.3 Å². The van der Waals surface area contributed by atoms with Gasteiger partial charge in [0.25, 0.3) is 0 Å². The minimum absolute atomic E-state index is 0.0247. The SMILES string of the molecule is O=C(CCCC(=O)N/N=C/c1ccccc1C(=O)O)N/N=C/c1ccccc1C(=O)O. The standard InChI is InChI=1S/C21H20N4O6/c26-18(24-22-12-14-6-1-3-8-16(14)20(28)29)10-5-11-19(27)25-23-13-15-7-2-4-9-17(15)21(30)31/h1-4,6-9,12-13H,5,10-11H2,(H,24,26)(H,25,27)(H,28,29)(H,30,31)/b22-12+,23-13+. The van der Waals surface area contributed by atoms with Crippen molar-refractivity contribution in [2.75, 3.05) is 0 Å². The smallest absolute Gasteiger partial charge is 0.336 e. The molecule has 0 aliphatic rings. The third-order valence-corrected chi connectivity index (χ3v) is 3.98. The molecule has 0 heterocycles.